The number of carbonyl (C=O) groups is 1. The van der Waals surface area contributed by atoms with Crippen molar-refractivity contribution in [2.45, 2.75) is 18.2 Å². The van der Waals surface area contributed by atoms with Crippen LogP contribution in [0.3, 0.4) is 0 Å². The molecule has 2 aromatic rings. The maximum absolute atomic E-state index is 12.2. The Kier molecular flexibility index (Phi) is 2.71. The van der Waals surface area contributed by atoms with Gasteiger partial charge in [0.25, 0.3) is 16.0 Å². The first kappa shape index (κ1) is 12.6. The molecule has 0 atom stereocenters. The molecule has 0 unspecified atom stereocenters. The van der Waals surface area contributed by atoms with Crippen LogP contribution in [0.4, 0.5) is 11.6 Å². The smallest absolute Gasteiger partial charge is 0.264 e. The topological polar surface area (TPSA) is 117 Å². The molecule has 1 aliphatic rings. The second kappa shape index (κ2) is 4.30. The van der Waals surface area contributed by atoms with Crippen LogP contribution < -0.4 is 10.0 Å². The van der Waals surface area contributed by atoms with Crippen LogP contribution in [0.5, 0.6) is 0 Å². The Morgan fingerprint density at radius 1 is 1.35 bits per heavy atom. The molecule has 2 heterocycles. The molecule has 0 bridgehead atoms. The number of nitrogens with one attached hydrogen (secondary N) is 3. The number of benzene rings is 1. The average Bonchev–Trinajstić information content (AvgIpc) is 2.92. The van der Waals surface area contributed by atoms with Crippen LogP contribution in [0.15, 0.2) is 23.1 Å². The molecule has 8 nitrogen and oxygen atoms in total. The molecule has 9 heteroatoms. The van der Waals surface area contributed by atoms with Gasteiger partial charge in [-0.3, -0.25) is 9.89 Å². The largest absolute Gasteiger partial charge is 0.326 e. The highest BCUT2D eigenvalue weighted by Gasteiger charge is 2.22. The molecule has 1 aromatic carbocycles. The van der Waals surface area contributed by atoms with Crippen LogP contribution in [-0.2, 0) is 21.2 Å². The molecule has 1 aromatic heterocycles. The van der Waals surface area contributed by atoms with Gasteiger partial charge in [-0.05, 0) is 30.7 Å². The number of fused-ring (bicyclic) bond motifs is 1. The fourth-order valence-corrected chi connectivity index (χ4v) is 2.93. The summed E-state index contributed by atoms with van der Waals surface area (Å²) >= 11 is 0. The fourth-order valence-electron chi connectivity index (χ4n) is 1.94. The molecular weight excluding hydrogens is 282 g/mol. The lowest BCUT2D eigenvalue weighted by Crippen LogP contribution is -2.14. The molecule has 20 heavy (non-hydrogen) atoms. The Bertz CT molecular complexity index is 796. The van der Waals surface area contributed by atoms with E-state index < -0.39 is 10.0 Å². The number of nitrogens with zero attached hydrogens (tertiary/aromatic N) is 2. The van der Waals surface area contributed by atoms with Crippen molar-refractivity contribution in [3.05, 3.63) is 29.6 Å². The maximum Gasteiger partial charge on any atom is 0.264 e. The molecule has 1 aliphatic heterocycles. The van der Waals surface area contributed by atoms with E-state index in [4.69, 9.17) is 0 Å². The van der Waals surface area contributed by atoms with Crippen molar-refractivity contribution in [3.63, 3.8) is 0 Å². The summed E-state index contributed by atoms with van der Waals surface area (Å²) in [5.74, 6) is 0.343. The number of aryl methyl sites for hydroxylation is 1. The van der Waals surface area contributed by atoms with Crippen molar-refractivity contribution in [1.29, 1.82) is 0 Å². The average molecular weight is 293 g/mol. The monoisotopic (exact) mass is 293 g/mol. The van der Waals surface area contributed by atoms with Gasteiger partial charge in [-0.2, -0.15) is 4.98 Å². The molecule has 0 saturated carbocycles. The zero-order chi connectivity index (χ0) is 14.3. The van der Waals surface area contributed by atoms with Crippen molar-refractivity contribution in [2.75, 3.05) is 10.0 Å². The third kappa shape index (κ3) is 2.23. The Hall–Kier alpha value is -2.42. The summed E-state index contributed by atoms with van der Waals surface area (Å²) in [6.07, 6.45) is 0.179. The quantitative estimate of drug-likeness (QED) is 0.757. The van der Waals surface area contributed by atoms with Gasteiger partial charge >= 0.3 is 0 Å². The van der Waals surface area contributed by atoms with Gasteiger partial charge in [-0.25, -0.2) is 13.1 Å². The number of H-pyrrole nitrogens is 1. The van der Waals surface area contributed by atoms with Crippen LogP contribution in [0, 0.1) is 6.92 Å². The second-order valence-electron chi connectivity index (χ2n) is 4.39. The van der Waals surface area contributed by atoms with Crippen LogP contribution >= 0.6 is 0 Å². The van der Waals surface area contributed by atoms with Crippen LogP contribution in [0.2, 0.25) is 0 Å². The summed E-state index contributed by atoms with van der Waals surface area (Å²) in [6.45, 7) is 1.66. The Morgan fingerprint density at radius 3 is 2.85 bits per heavy atom. The van der Waals surface area contributed by atoms with Crippen molar-refractivity contribution in [3.8, 4) is 0 Å². The highest BCUT2D eigenvalue weighted by molar-refractivity contribution is 7.92. The molecular formula is C11H11N5O3S. The fraction of sp³-hybridized carbons (Fsp3) is 0.182. The predicted octanol–water partition coefficient (Wildman–Crippen LogP) is 0.409. The molecule has 0 saturated heterocycles. The lowest BCUT2D eigenvalue weighted by molar-refractivity contribution is -0.115. The van der Waals surface area contributed by atoms with Crippen LogP contribution in [0.1, 0.15) is 11.4 Å². The number of hydrogen-bond donors (Lipinski definition) is 3. The van der Waals surface area contributed by atoms with Gasteiger partial charge in [-0.1, -0.05) is 0 Å². The second-order valence-corrected chi connectivity index (χ2v) is 6.08. The van der Waals surface area contributed by atoms with Gasteiger partial charge < -0.3 is 5.32 Å². The van der Waals surface area contributed by atoms with E-state index in [-0.39, 0.29) is 23.2 Å². The SMILES string of the molecule is Cc1nc(NS(=O)(=O)c2ccc3c(c2)CC(=O)N3)n[nH]1. The Labute approximate surface area is 114 Å². The van der Waals surface area contributed by atoms with E-state index in [2.05, 4.69) is 25.2 Å². The summed E-state index contributed by atoms with van der Waals surface area (Å²) in [4.78, 5) is 15.2. The summed E-state index contributed by atoms with van der Waals surface area (Å²) < 4.78 is 26.6. The van der Waals surface area contributed by atoms with Crippen molar-refractivity contribution in [1.82, 2.24) is 15.2 Å². The normalized spacial score (nSPS) is 13.9. The van der Waals surface area contributed by atoms with Gasteiger partial charge in [0.2, 0.25) is 5.91 Å². The molecule has 1 amide bonds. The van der Waals surface area contributed by atoms with Gasteiger partial charge in [0.05, 0.1) is 11.3 Å². The van der Waals surface area contributed by atoms with E-state index in [1.807, 2.05) is 0 Å². The lowest BCUT2D eigenvalue weighted by Gasteiger charge is -2.06. The minimum absolute atomic E-state index is 0.0165. The van der Waals surface area contributed by atoms with Gasteiger partial charge in [-0.15, -0.1) is 5.10 Å². The number of carbonyl (C=O) groups excluding carboxylic acids is 1. The minimum atomic E-state index is -3.77. The summed E-state index contributed by atoms with van der Waals surface area (Å²) in [5, 5.41) is 8.91. The molecule has 0 radical (unpaired) electrons. The first-order valence-electron chi connectivity index (χ1n) is 5.79. The molecule has 0 fully saturated rings. The van der Waals surface area contributed by atoms with Crippen molar-refractivity contribution in [2.24, 2.45) is 0 Å². The third-order valence-electron chi connectivity index (χ3n) is 2.83. The highest BCUT2D eigenvalue weighted by atomic mass is 32.2. The molecule has 3 N–H and O–H groups in total. The molecule has 3 rings (SSSR count). The molecule has 104 valence electrons. The Morgan fingerprint density at radius 2 is 2.15 bits per heavy atom. The lowest BCUT2D eigenvalue weighted by atomic mass is 10.2. The number of aromatic nitrogens is 3. The highest BCUT2D eigenvalue weighted by Crippen LogP contribution is 2.26. The van der Waals surface area contributed by atoms with E-state index in [1.54, 1.807) is 13.0 Å². The number of hydrogen-bond acceptors (Lipinski definition) is 5. The van der Waals surface area contributed by atoms with Crippen molar-refractivity contribution >= 4 is 27.6 Å². The standard InChI is InChI=1S/C11H11N5O3S/c1-6-12-11(15-14-6)16-20(18,19)8-2-3-9-7(4-8)5-10(17)13-9/h2-4H,5H2,1H3,(H,13,17)(H2,12,14,15,16). The van der Waals surface area contributed by atoms with Gasteiger partial charge in [0.1, 0.15) is 5.82 Å². The zero-order valence-corrected chi connectivity index (χ0v) is 11.3. The summed E-state index contributed by atoms with van der Waals surface area (Å²) in [7, 11) is -3.77. The van der Waals surface area contributed by atoms with E-state index in [1.165, 1.54) is 12.1 Å². The van der Waals surface area contributed by atoms with E-state index in [9.17, 15) is 13.2 Å². The summed E-state index contributed by atoms with van der Waals surface area (Å²) in [5.41, 5.74) is 1.30. The van der Waals surface area contributed by atoms with Gasteiger partial charge in [0.15, 0.2) is 0 Å². The number of sulfonamides is 1. The molecule has 0 spiro atoms. The van der Waals surface area contributed by atoms with E-state index in [0.29, 0.717) is 17.1 Å². The number of aromatic amines is 1. The van der Waals surface area contributed by atoms with Crippen LogP contribution in [-0.4, -0.2) is 29.5 Å². The molecule has 0 aliphatic carbocycles. The predicted molar refractivity (Wildman–Crippen MR) is 70.7 cm³/mol. The minimum Gasteiger partial charge on any atom is -0.326 e. The maximum atomic E-state index is 12.2. The third-order valence-corrected chi connectivity index (χ3v) is 4.16. The number of anilines is 2. The van der Waals surface area contributed by atoms with E-state index >= 15 is 0 Å². The van der Waals surface area contributed by atoms with E-state index in [0.717, 1.165) is 0 Å². The van der Waals surface area contributed by atoms with Crippen molar-refractivity contribution < 1.29 is 13.2 Å². The number of rotatable bonds is 3. The van der Waals surface area contributed by atoms with Gasteiger partial charge in [0, 0.05) is 5.69 Å². The number of amides is 1. The van der Waals surface area contributed by atoms with Crippen LogP contribution in [0.25, 0.3) is 0 Å². The summed E-state index contributed by atoms with van der Waals surface area (Å²) in [6, 6.07) is 4.46. The first-order valence-corrected chi connectivity index (χ1v) is 7.27. The first-order chi connectivity index (χ1) is 9.44. The zero-order valence-electron chi connectivity index (χ0n) is 10.5. The Balaban J connectivity index is 1.92.